The molecule has 0 aliphatic heterocycles. The van der Waals surface area contributed by atoms with Gasteiger partial charge in [0.1, 0.15) is 11.3 Å². The van der Waals surface area contributed by atoms with Crippen molar-refractivity contribution in [2.45, 2.75) is 26.2 Å². The summed E-state index contributed by atoms with van der Waals surface area (Å²) >= 11 is 3.44. The molecular formula is C10H12BrN3. The lowest BCUT2D eigenvalue weighted by molar-refractivity contribution is 0.692. The molecule has 1 unspecified atom stereocenters. The number of halogens is 1. The molecule has 2 rings (SSSR count). The van der Waals surface area contributed by atoms with Crippen LogP contribution >= 0.6 is 15.9 Å². The molecule has 14 heavy (non-hydrogen) atoms. The van der Waals surface area contributed by atoms with Crippen LogP contribution in [0.3, 0.4) is 0 Å². The van der Waals surface area contributed by atoms with Gasteiger partial charge in [0.2, 0.25) is 0 Å². The molecule has 0 amide bonds. The highest BCUT2D eigenvalue weighted by atomic mass is 79.9. The first-order valence-corrected chi connectivity index (χ1v) is 5.50. The fourth-order valence-corrected chi connectivity index (χ4v) is 1.77. The molecule has 0 saturated carbocycles. The number of nitrogens with one attached hydrogen (secondary N) is 1. The van der Waals surface area contributed by atoms with E-state index in [4.69, 9.17) is 0 Å². The van der Waals surface area contributed by atoms with Crippen LogP contribution in [0.1, 0.15) is 32.0 Å². The van der Waals surface area contributed by atoms with Gasteiger partial charge in [-0.3, -0.25) is 4.98 Å². The Bertz CT molecular complexity index is 450. The van der Waals surface area contributed by atoms with Gasteiger partial charge in [-0.15, -0.1) is 0 Å². The number of H-pyrrole nitrogens is 1. The maximum atomic E-state index is 4.54. The Hall–Kier alpha value is -0.900. The van der Waals surface area contributed by atoms with Crippen LogP contribution in [0.15, 0.2) is 16.9 Å². The summed E-state index contributed by atoms with van der Waals surface area (Å²) in [4.78, 5) is 11.9. The van der Waals surface area contributed by atoms with E-state index in [9.17, 15) is 0 Å². The zero-order chi connectivity index (χ0) is 10.1. The molecule has 0 aliphatic rings. The first-order valence-electron chi connectivity index (χ1n) is 4.71. The van der Waals surface area contributed by atoms with Crippen LogP contribution in [0.4, 0.5) is 0 Å². The number of aromatic nitrogens is 3. The van der Waals surface area contributed by atoms with Crippen molar-refractivity contribution in [1.29, 1.82) is 0 Å². The number of nitrogens with zero attached hydrogens (tertiary/aromatic N) is 2. The van der Waals surface area contributed by atoms with E-state index in [2.05, 4.69) is 44.7 Å². The van der Waals surface area contributed by atoms with Gasteiger partial charge in [-0.2, -0.15) is 0 Å². The summed E-state index contributed by atoms with van der Waals surface area (Å²) in [5.41, 5.74) is 1.96. The van der Waals surface area contributed by atoms with Crippen LogP contribution in [-0.2, 0) is 0 Å². The number of aromatic amines is 1. The summed E-state index contributed by atoms with van der Waals surface area (Å²) in [6.45, 7) is 4.32. The van der Waals surface area contributed by atoms with Crippen LogP contribution in [0, 0.1) is 0 Å². The second kappa shape index (κ2) is 3.69. The lowest BCUT2D eigenvalue weighted by Gasteiger charge is -2.01. The van der Waals surface area contributed by atoms with Gasteiger partial charge in [0, 0.05) is 12.1 Å². The van der Waals surface area contributed by atoms with E-state index >= 15 is 0 Å². The highest BCUT2D eigenvalue weighted by Crippen LogP contribution is 2.24. The predicted octanol–water partition coefficient (Wildman–Crippen LogP) is 3.23. The Labute approximate surface area is 91.1 Å². The van der Waals surface area contributed by atoms with Crippen molar-refractivity contribution >= 4 is 27.0 Å². The summed E-state index contributed by atoms with van der Waals surface area (Å²) in [6.07, 6.45) is 4.66. The van der Waals surface area contributed by atoms with E-state index in [1.54, 1.807) is 12.4 Å². The molecule has 0 aromatic carbocycles. The molecule has 0 saturated heterocycles. The van der Waals surface area contributed by atoms with E-state index in [0.29, 0.717) is 5.92 Å². The van der Waals surface area contributed by atoms with Crippen molar-refractivity contribution < 1.29 is 0 Å². The van der Waals surface area contributed by atoms with Crippen LogP contribution < -0.4 is 0 Å². The monoisotopic (exact) mass is 253 g/mol. The van der Waals surface area contributed by atoms with Gasteiger partial charge in [0.05, 0.1) is 16.2 Å². The summed E-state index contributed by atoms with van der Waals surface area (Å²) in [6, 6.07) is 0. The minimum atomic E-state index is 0.467. The van der Waals surface area contributed by atoms with Crippen LogP contribution in [0.25, 0.3) is 11.0 Å². The maximum absolute atomic E-state index is 4.54. The Morgan fingerprint density at radius 3 is 2.93 bits per heavy atom. The average Bonchev–Trinajstić information content (AvgIpc) is 2.62. The number of fused-ring (bicyclic) bond motifs is 1. The summed E-state index contributed by atoms with van der Waals surface area (Å²) < 4.78 is 0.945. The van der Waals surface area contributed by atoms with Crippen molar-refractivity contribution in [2.75, 3.05) is 0 Å². The second-order valence-electron chi connectivity index (χ2n) is 3.45. The normalized spacial score (nSPS) is 13.4. The quantitative estimate of drug-likeness (QED) is 0.893. The average molecular weight is 254 g/mol. The van der Waals surface area contributed by atoms with Crippen molar-refractivity contribution in [3.8, 4) is 0 Å². The molecule has 0 bridgehead atoms. The third kappa shape index (κ3) is 1.54. The van der Waals surface area contributed by atoms with Gasteiger partial charge in [0.15, 0.2) is 0 Å². The standard InChI is InChI=1S/C10H12BrN3/c1-3-6(2)10-13-8-5-12-4-7(11)9(8)14-10/h4-6H,3H2,1-2H3,(H,13,14). The van der Waals surface area contributed by atoms with E-state index < -0.39 is 0 Å². The maximum Gasteiger partial charge on any atom is 0.110 e. The Kier molecular flexibility index (Phi) is 2.54. The minimum absolute atomic E-state index is 0.467. The molecule has 1 atom stereocenters. The van der Waals surface area contributed by atoms with Crippen LogP contribution in [0.2, 0.25) is 0 Å². The number of rotatable bonds is 2. The molecule has 1 N–H and O–H groups in total. The van der Waals surface area contributed by atoms with Gasteiger partial charge in [-0.25, -0.2) is 4.98 Å². The third-order valence-electron chi connectivity index (χ3n) is 2.45. The summed E-state index contributed by atoms with van der Waals surface area (Å²) in [5, 5.41) is 0. The zero-order valence-corrected chi connectivity index (χ0v) is 9.80. The van der Waals surface area contributed by atoms with Crippen molar-refractivity contribution in [3.05, 3.63) is 22.7 Å². The first kappa shape index (κ1) is 9.65. The number of hydrogen-bond donors (Lipinski definition) is 1. The van der Waals surface area contributed by atoms with Crippen molar-refractivity contribution in [2.24, 2.45) is 0 Å². The molecule has 2 heterocycles. The topological polar surface area (TPSA) is 41.6 Å². The summed E-state index contributed by atoms with van der Waals surface area (Å²) in [5.74, 6) is 1.51. The van der Waals surface area contributed by atoms with Crippen LogP contribution in [-0.4, -0.2) is 15.0 Å². The molecule has 0 aliphatic carbocycles. The van der Waals surface area contributed by atoms with Gasteiger partial charge < -0.3 is 4.98 Å². The minimum Gasteiger partial charge on any atom is -0.340 e. The van der Waals surface area contributed by atoms with Gasteiger partial charge >= 0.3 is 0 Å². The molecule has 2 aromatic rings. The Morgan fingerprint density at radius 1 is 1.50 bits per heavy atom. The first-order chi connectivity index (χ1) is 6.72. The van der Waals surface area contributed by atoms with Crippen molar-refractivity contribution in [3.63, 3.8) is 0 Å². The van der Waals surface area contributed by atoms with E-state index in [0.717, 1.165) is 27.8 Å². The fraction of sp³-hybridized carbons (Fsp3) is 0.400. The SMILES string of the molecule is CCC(C)c1nc2c(Br)cncc2[nH]1. The number of pyridine rings is 1. The largest absolute Gasteiger partial charge is 0.340 e. The highest BCUT2D eigenvalue weighted by Gasteiger charge is 2.10. The highest BCUT2D eigenvalue weighted by molar-refractivity contribution is 9.10. The molecule has 0 spiro atoms. The molecule has 2 aromatic heterocycles. The number of hydrogen-bond acceptors (Lipinski definition) is 2. The molecule has 0 radical (unpaired) electrons. The molecule has 74 valence electrons. The van der Waals surface area contributed by atoms with E-state index in [1.165, 1.54) is 0 Å². The lowest BCUT2D eigenvalue weighted by atomic mass is 10.1. The fourth-order valence-electron chi connectivity index (χ4n) is 1.35. The van der Waals surface area contributed by atoms with Gasteiger partial charge in [-0.1, -0.05) is 13.8 Å². The molecule has 3 nitrogen and oxygen atoms in total. The predicted molar refractivity (Wildman–Crippen MR) is 60.3 cm³/mol. The van der Waals surface area contributed by atoms with E-state index in [1.807, 2.05) is 0 Å². The second-order valence-corrected chi connectivity index (χ2v) is 4.30. The molecule has 4 heteroatoms. The molecular weight excluding hydrogens is 242 g/mol. The zero-order valence-electron chi connectivity index (χ0n) is 8.21. The van der Waals surface area contributed by atoms with Gasteiger partial charge in [0.25, 0.3) is 0 Å². The Balaban J connectivity index is 2.56. The lowest BCUT2D eigenvalue weighted by Crippen LogP contribution is -1.92. The summed E-state index contributed by atoms with van der Waals surface area (Å²) in [7, 11) is 0. The smallest absolute Gasteiger partial charge is 0.110 e. The van der Waals surface area contributed by atoms with E-state index in [-0.39, 0.29) is 0 Å². The number of imidazole rings is 1. The third-order valence-corrected chi connectivity index (χ3v) is 3.03. The Morgan fingerprint density at radius 2 is 2.29 bits per heavy atom. The van der Waals surface area contributed by atoms with Crippen molar-refractivity contribution in [1.82, 2.24) is 15.0 Å². The van der Waals surface area contributed by atoms with Gasteiger partial charge in [-0.05, 0) is 22.4 Å². The molecule has 0 fully saturated rings. The van der Waals surface area contributed by atoms with Crippen LogP contribution in [0.5, 0.6) is 0 Å².